The van der Waals surface area contributed by atoms with Gasteiger partial charge in [0.05, 0.1) is 12.9 Å². The molecular formula is C24H17Cl2N3. The maximum Gasteiger partial charge on any atom is 0.187 e. The number of benzene rings is 3. The normalized spacial score (nSPS) is 10.7. The van der Waals surface area contributed by atoms with Crippen molar-refractivity contribution in [1.29, 1.82) is 0 Å². The molecule has 0 aliphatic heterocycles. The Morgan fingerprint density at radius 2 is 1.62 bits per heavy atom. The van der Waals surface area contributed by atoms with Crippen molar-refractivity contribution in [2.24, 2.45) is 0 Å². The first-order valence-electron chi connectivity index (χ1n) is 9.12. The zero-order valence-corrected chi connectivity index (χ0v) is 17.0. The number of nitrogens with zero attached hydrogens (tertiary/aromatic N) is 3. The molecule has 4 aromatic rings. The molecule has 4 rings (SSSR count). The molecule has 29 heavy (non-hydrogen) atoms. The Kier molecular flexibility index (Phi) is 5.67. The van der Waals surface area contributed by atoms with Crippen molar-refractivity contribution in [3.63, 3.8) is 0 Å². The lowest BCUT2D eigenvalue weighted by Crippen LogP contribution is -2.04. The Labute approximate surface area is 180 Å². The molecule has 1 heterocycles. The summed E-state index contributed by atoms with van der Waals surface area (Å²) in [6, 6.07) is 21.5. The highest BCUT2D eigenvalue weighted by Gasteiger charge is 2.07. The van der Waals surface area contributed by atoms with Crippen LogP contribution < -0.4 is 0 Å². The first-order valence-corrected chi connectivity index (χ1v) is 9.88. The third kappa shape index (κ3) is 4.51. The van der Waals surface area contributed by atoms with E-state index in [1.54, 1.807) is 6.07 Å². The first-order chi connectivity index (χ1) is 14.1. The number of hydrogen-bond donors (Lipinski definition) is 0. The van der Waals surface area contributed by atoms with Gasteiger partial charge in [-0.1, -0.05) is 71.7 Å². The van der Waals surface area contributed by atoms with Crippen molar-refractivity contribution in [2.45, 2.75) is 13.0 Å². The van der Waals surface area contributed by atoms with Crippen LogP contribution in [0.3, 0.4) is 0 Å². The van der Waals surface area contributed by atoms with Crippen molar-refractivity contribution in [3.8, 4) is 11.1 Å². The van der Waals surface area contributed by atoms with Crippen LogP contribution in [0.15, 0.2) is 79.3 Å². The highest BCUT2D eigenvalue weighted by molar-refractivity contribution is 6.35. The highest BCUT2D eigenvalue weighted by atomic mass is 35.5. The molecule has 0 bridgehead atoms. The molecule has 0 saturated heterocycles. The maximum atomic E-state index is 7.06. The summed E-state index contributed by atoms with van der Waals surface area (Å²) in [5, 5.41) is 1.35. The van der Waals surface area contributed by atoms with E-state index in [1.165, 1.54) is 5.56 Å². The first kappa shape index (κ1) is 19.3. The van der Waals surface area contributed by atoms with E-state index in [4.69, 9.17) is 29.8 Å². The number of hydrogen-bond acceptors (Lipinski definition) is 1. The summed E-state index contributed by atoms with van der Waals surface area (Å²) in [5.74, 6) is 0. The standard InChI is InChI=1S/C24H17Cl2N3/c1-27-21-9-4-17(5-10-21)12-22-14-28-16-29(22)15-18-2-6-19(7-3-18)23-13-20(25)8-11-24(23)26/h2-11,13-14,16H,12,15H2. The van der Waals surface area contributed by atoms with Crippen molar-refractivity contribution < 1.29 is 0 Å². The van der Waals surface area contributed by atoms with Gasteiger partial charge in [-0.15, -0.1) is 0 Å². The second kappa shape index (κ2) is 8.53. The molecule has 5 heteroatoms. The summed E-state index contributed by atoms with van der Waals surface area (Å²) in [6.45, 7) is 7.79. The van der Waals surface area contributed by atoms with Crippen LogP contribution in [0.1, 0.15) is 16.8 Å². The van der Waals surface area contributed by atoms with E-state index in [0.717, 1.165) is 35.3 Å². The van der Waals surface area contributed by atoms with E-state index in [0.29, 0.717) is 15.7 Å². The number of imidazole rings is 1. The Morgan fingerprint density at radius 1 is 0.897 bits per heavy atom. The van der Waals surface area contributed by atoms with E-state index in [2.05, 4.69) is 38.7 Å². The Morgan fingerprint density at radius 3 is 2.34 bits per heavy atom. The molecule has 0 amide bonds. The molecule has 0 fully saturated rings. The van der Waals surface area contributed by atoms with Crippen molar-refractivity contribution >= 4 is 28.9 Å². The van der Waals surface area contributed by atoms with Gasteiger partial charge >= 0.3 is 0 Å². The summed E-state index contributed by atoms with van der Waals surface area (Å²) in [5.41, 5.74) is 6.08. The third-order valence-corrected chi connectivity index (χ3v) is 5.36. The average molecular weight is 418 g/mol. The molecule has 142 valence electrons. The predicted octanol–water partition coefficient (Wildman–Crippen LogP) is 7.05. The van der Waals surface area contributed by atoms with Crippen LogP contribution in [-0.2, 0) is 13.0 Å². The number of rotatable bonds is 5. The highest BCUT2D eigenvalue weighted by Crippen LogP contribution is 2.30. The van der Waals surface area contributed by atoms with Gasteiger partial charge < -0.3 is 4.57 Å². The van der Waals surface area contributed by atoms with Gasteiger partial charge in [0.2, 0.25) is 0 Å². The molecule has 3 nitrogen and oxygen atoms in total. The molecule has 0 aliphatic rings. The molecule has 0 N–H and O–H groups in total. The van der Waals surface area contributed by atoms with Crippen LogP contribution >= 0.6 is 23.2 Å². The van der Waals surface area contributed by atoms with E-state index in [-0.39, 0.29) is 0 Å². The molecule has 0 saturated carbocycles. The molecule has 0 radical (unpaired) electrons. The average Bonchev–Trinajstić information content (AvgIpc) is 3.17. The summed E-state index contributed by atoms with van der Waals surface area (Å²) < 4.78 is 2.14. The van der Waals surface area contributed by atoms with Crippen LogP contribution in [0.4, 0.5) is 5.69 Å². The summed E-state index contributed by atoms with van der Waals surface area (Å²) >= 11 is 12.4. The maximum absolute atomic E-state index is 7.06. The van der Waals surface area contributed by atoms with Gasteiger partial charge in [0, 0.05) is 40.5 Å². The second-order valence-corrected chi connectivity index (χ2v) is 7.63. The quantitative estimate of drug-likeness (QED) is 0.319. The van der Waals surface area contributed by atoms with Gasteiger partial charge in [-0.05, 0) is 34.9 Å². The SMILES string of the molecule is [C-]#[N+]c1ccc(Cc2cncn2Cc2ccc(-c3cc(Cl)ccc3Cl)cc2)cc1. The molecule has 3 aromatic carbocycles. The topological polar surface area (TPSA) is 22.2 Å². The molecule has 0 spiro atoms. The zero-order chi connectivity index (χ0) is 20.2. The smallest absolute Gasteiger partial charge is 0.187 e. The van der Waals surface area contributed by atoms with Gasteiger partial charge in [-0.25, -0.2) is 9.83 Å². The van der Waals surface area contributed by atoms with Gasteiger partial charge in [0.15, 0.2) is 5.69 Å². The molecule has 0 atom stereocenters. The van der Waals surface area contributed by atoms with Crippen molar-refractivity contribution in [2.75, 3.05) is 0 Å². The molecule has 0 aliphatic carbocycles. The molecular weight excluding hydrogens is 401 g/mol. The largest absolute Gasteiger partial charge is 0.330 e. The summed E-state index contributed by atoms with van der Waals surface area (Å²) in [6.07, 6.45) is 4.52. The lowest BCUT2D eigenvalue weighted by atomic mass is 10.0. The minimum absolute atomic E-state index is 0.655. The van der Waals surface area contributed by atoms with Crippen LogP contribution in [0.2, 0.25) is 10.0 Å². The molecule has 0 unspecified atom stereocenters. The lowest BCUT2D eigenvalue weighted by Gasteiger charge is -2.10. The second-order valence-electron chi connectivity index (χ2n) is 6.79. The van der Waals surface area contributed by atoms with Gasteiger partial charge in [0.1, 0.15) is 0 Å². The van der Waals surface area contributed by atoms with Crippen molar-refractivity contribution in [3.05, 3.63) is 118 Å². The fourth-order valence-electron chi connectivity index (χ4n) is 3.24. The number of halogens is 2. The van der Waals surface area contributed by atoms with E-state index in [1.807, 2.05) is 48.9 Å². The van der Waals surface area contributed by atoms with E-state index < -0.39 is 0 Å². The number of aromatic nitrogens is 2. The Balaban J connectivity index is 1.51. The lowest BCUT2D eigenvalue weighted by molar-refractivity contribution is 0.753. The summed E-state index contributed by atoms with van der Waals surface area (Å²) in [7, 11) is 0. The fraction of sp³-hybridized carbons (Fsp3) is 0.0833. The minimum atomic E-state index is 0.655. The van der Waals surface area contributed by atoms with E-state index >= 15 is 0 Å². The summed E-state index contributed by atoms with van der Waals surface area (Å²) in [4.78, 5) is 7.76. The van der Waals surface area contributed by atoms with Gasteiger partial charge in [-0.3, -0.25) is 0 Å². The fourth-order valence-corrected chi connectivity index (χ4v) is 3.64. The monoisotopic (exact) mass is 417 g/mol. The van der Waals surface area contributed by atoms with Crippen LogP contribution in [0.5, 0.6) is 0 Å². The van der Waals surface area contributed by atoms with Crippen LogP contribution in [-0.4, -0.2) is 9.55 Å². The minimum Gasteiger partial charge on any atom is -0.330 e. The molecule has 1 aromatic heterocycles. The third-order valence-electron chi connectivity index (χ3n) is 4.80. The van der Waals surface area contributed by atoms with Crippen LogP contribution in [0.25, 0.3) is 16.0 Å². The van der Waals surface area contributed by atoms with E-state index in [9.17, 15) is 0 Å². The Bertz CT molecular complexity index is 1170. The van der Waals surface area contributed by atoms with Crippen LogP contribution in [0, 0.1) is 6.57 Å². The predicted molar refractivity (Wildman–Crippen MR) is 119 cm³/mol. The van der Waals surface area contributed by atoms with Crippen molar-refractivity contribution in [1.82, 2.24) is 9.55 Å². The van der Waals surface area contributed by atoms with Gasteiger partial charge in [0.25, 0.3) is 0 Å². The Hall–Kier alpha value is -3.06. The zero-order valence-electron chi connectivity index (χ0n) is 15.5. The van der Waals surface area contributed by atoms with Gasteiger partial charge in [-0.2, -0.15) is 0 Å².